The second-order valence-corrected chi connectivity index (χ2v) is 3.84. The Morgan fingerprint density at radius 2 is 2.08 bits per heavy atom. The maximum Gasteiger partial charge on any atom is 0.0568 e. The molecular weight excluding hydrogens is 230 g/mol. The van der Waals surface area contributed by atoms with Gasteiger partial charge in [0.15, 0.2) is 0 Å². The van der Waals surface area contributed by atoms with E-state index in [1.807, 2.05) is 6.07 Å². The first-order chi connectivity index (χ1) is 6.09. The van der Waals surface area contributed by atoms with Crippen molar-refractivity contribution in [2.45, 2.75) is 0 Å². The van der Waals surface area contributed by atoms with Gasteiger partial charge in [-0.3, -0.25) is 0 Å². The fourth-order valence-corrected chi connectivity index (χ4v) is 1.02. The van der Waals surface area contributed by atoms with Crippen LogP contribution in [0.15, 0.2) is 29.3 Å². The predicted molar refractivity (Wildman–Crippen MR) is 61.8 cm³/mol. The van der Waals surface area contributed by atoms with Crippen LogP contribution >= 0.6 is 15.9 Å². The van der Waals surface area contributed by atoms with Crippen LogP contribution in [0.5, 0.6) is 0 Å². The molecule has 1 rings (SSSR count). The van der Waals surface area contributed by atoms with Crippen molar-refractivity contribution >= 4 is 33.0 Å². The first kappa shape index (κ1) is 9.92. The second-order valence-electron chi connectivity index (χ2n) is 2.71. The van der Waals surface area contributed by atoms with Gasteiger partial charge in [0.05, 0.1) is 11.4 Å². The first-order valence-electron chi connectivity index (χ1n) is 3.82. The molecule has 3 nitrogen and oxygen atoms in total. The van der Waals surface area contributed by atoms with E-state index in [9.17, 15) is 0 Å². The third-order valence-corrected chi connectivity index (χ3v) is 1.85. The minimum absolute atomic E-state index is 0.588. The molecule has 1 aromatic rings. The molecule has 5 N–H and O–H groups in total. The van der Waals surface area contributed by atoms with Crippen LogP contribution in [-0.4, -0.2) is 6.54 Å². The van der Waals surface area contributed by atoms with Crippen molar-refractivity contribution < 1.29 is 0 Å². The normalized spacial score (nSPS) is 9.62. The van der Waals surface area contributed by atoms with E-state index in [0.29, 0.717) is 17.9 Å². The van der Waals surface area contributed by atoms with E-state index < -0.39 is 0 Å². The van der Waals surface area contributed by atoms with E-state index in [4.69, 9.17) is 11.5 Å². The Hall–Kier alpha value is -1.16. The van der Waals surface area contributed by atoms with E-state index >= 15 is 0 Å². The Balaban J connectivity index is 2.68. The molecule has 0 aliphatic rings. The van der Waals surface area contributed by atoms with Gasteiger partial charge < -0.3 is 16.8 Å². The van der Waals surface area contributed by atoms with Gasteiger partial charge in [0.1, 0.15) is 0 Å². The summed E-state index contributed by atoms with van der Waals surface area (Å²) in [5.41, 5.74) is 13.3. The highest BCUT2D eigenvalue weighted by atomic mass is 79.9. The largest absolute Gasteiger partial charge is 0.397 e. The van der Waals surface area contributed by atoms with Gasteiger partial charge in [0.25, 0.3) is 0 Å². The quantitative estimate of drug-likeness (QED) is 0.711. The number of nitrogens with one attached hydrogen (secondary N) is 1. The van der Waals surface area contributed by atoms with Crippen LogP contribution in [-0.2, 0) is 0 Å². The van der Waals surface area contributed by atoms with Crippen molar-refractivity contribution in [1.29, 1.82) is 0 Å². The Morgan fingerprint density at radius 3 is 2.62 bits per heavy atom. The van der Waals surface area contributed by atoms with Gasteiger partial charge in [-0.15, -0.1) is 0 Å². The summed E-state index contributed by atoms with van der Waals surface area (Å²) in [7, 11) is 0. The second kappa shape index (κ2) is 4.18. The average Bonchev–Trinajstić information content (AvgIpc) is 2.07. The highest BCUT2D eigenvalue weighted by Crippen LogP contribution is 2.19. The van der Waals surface area contributed by atoms with Gasteiger partial charge in [-0.2, -0.15) is 0 Å². The van der Waals surface area contributed by atoms with E-state index in [1.54, 1.807) is 12.1 Å². The molecule has 0 heterocycles. The van der Waals surface area contributed by atoms with E-state index in [2.05, 4.69) is 27.8 Å². The standard InChI is InChI=1S/C9H12BrN3/c1-6(10)5-13-7-2-3-8(11)9(12)4-7/h2-4,13H,1,5,11-12H2. The molecule has 0 saturated carbocycles. The van der Waals surface area contributed by atoms with Crippen LogP contribution in [0.3, 0.4) is 0 Å². The lowest BCUT2D eigenvalue weighted by atomic mass is 10.2. The minimum Gasteiger partial charge on any atom is -0.397 e. The van der Waals surface area contributed by atoms with Gasteiger partial charge in [-0.1, -0.05) is 22.5 Å². The van der Waals surface area contributed by atoms with Gasteiger partial charge in [0, 0.05) is 16.7 Å². The number of hydrogen-bond acceptors (Lipinski definition) is 3. The molecule has 0 unspecified atom stereocenters. The van der Waals surface area contributed by atoms with Crippen LogP contribution < -0.4 is 16.8 Å². The fourth-order valence-electron chi connectivity index (χ4n) is 0.883. The topological polar surface area (TPSA) is 64.1 Å². The third kappa shape index (κ3) is 2.99. The first-order valence-corrected chi connectivity index (χ1v) is 4.61. The number of benzene rings is 1. The summed E-state index contributed by atoms with van der Waals surface area (Å²) >= 11 is 3.25. The van der Waals surface area contributed by atoms with E-state index in [0.717, 1.165) is 10.2 Å². The van der Waals surface area contributed by atoms with Crippen molar-refractivity contribution in [3.63, 3.8) is 0 Å². The summed E-state index contributed by atoms with van der Waals surface area (Å²) < 4.78 is 0.892. The molecule has 0 spiro atoms. The molecule has 70 valence electrons. The number of nitrogens with two attached hydrogens (primary N) is 2. The molecule has 0 radical (unpaired) electrons. The Morgan fingerprint density at radius 1 is 1.38 bits per heavy atom. The van der Waals surface area contributed by atoms with Crippen LogP contribution in [0.2, 0.25) is 0 Å². The molecule has 0 saturated heterocycles. The monoisotopic (exact) mass is 241 g/mol. The number of hydrogen-bond donors (Lipinski definition) is 3. The Kier molecular flexibility index (Phi) is 3.19. The molecule has 0 atom stereocenters. The van der Waals surface area contributed by atoms with Crippen LogP contribution in [0.4, 0.5) is 17.1 Å². The molecule has 0 fully saturated rings. The van der Waals surface area contributed by atoms with Crippen molar-refractivity contribution in [2.24, 2.45) is 0 Å². The highest BCUT2D eigenvalue weighted by Gasteiger charge is 1.96. The summed E-state index contributed by atoms with van der Waals surface area (Å²) in [5, 5.41) is 3.13. The lowest BCUT2D eigenvalue weighted by Gasteiger charge is -2.07. The van der Waals surface area contributed by atoms with Crippen molar-refractivity contribution in [3.05, 3.63) is 29.3 Å². The summed E-state index contributed by atoms with van der Waals surface area (Å²) in [4.78, 5) is 0. The molecule has 4 heteroatoms. The third-order valence-electron chi connectivity index (χ3n) is 1.57. The zero-order valence-electron chi connectivity index (χ0n) is 7.18. The smallest absolute Gasteiger partial charge is 0.0568 e. The van der Waals surface area contributed by atoms with Crippen molar-refractivity contribution in [2.75, 3.05) is 23.3 Å². The zero-order valence-corrected chi connectivity index (χ0v) is 8.76. The lowest BCUT2D eigenvalue weighted by molar-refractivity contribution is 1.33. The molecule has 0 amide bonds. The maximum atomic E-state index is 5.63. The number of anilines is 3. The van der Waals surface area contributed by atoms with Gasteiger partial charge in [0.2, 0.25) is 0 Å². The molecule has 0 aromatic heterocycles. The Labute approximate surface area is 85.9 Å². The summed E-state index contributed by atoms with van der Waals surface area (Å²) in [5.74, 6) is 0. The van der Waals surface area contributed by atoms with Crippen molar-refractivity contribution in [3.8, 4) is 0 Å². The lowest BCUT2D eigenvalue weighted by Crippen LogP contribution is -2.02. The molecular formula is C9H12BrN3. The minimum atomic E-state index is 0.588. The highest BCUT2D eigenvalue weighted by molar-refractivity contribution is 9.11. The van der Waals surface area contributed by atoms with E-state index in [1.165, 1.54) is 0 Å². The molecule has 0 bridgehead atoms. The fraction of sp³-hybridized carbons (Fsp3) is 0.111. The Bertz CT molecular complexity index is 323. The van der Waals surface area contributed by atoms with Gasteiger partial charge in [-0.25, -0.2) is 0 Å². The summed E-state index contributed by atoms with van der Waals surface area (Å²) in [6.07, 6.45) is 0. The molecule has 1 aromatic carbocycles. The number of halogens is 1. The van der Waals surface area contributed by atoms with Gasteiger partial charge in [-0.05, 0) is 18.2 Å². The van der Waals surface area contributed by atoms with E-state index in [-0.39, 0.29) is 0 Å². The molecule has 0 aliphatic carbocycles. The number of rotatable bonds is 3. The summed E-state index contributed by atoms with van der Waals surface area (Å²) in [6.45, 7) is 4.38. The van der Waals surface area contributed by atoms with Crippen LogP contribution in [0.1, 0.15) is 0 Å². The zero-order chi connectivity index (χ0) is 9.84. The van der Waals surface area contributed by atoms with Gasteiger partial charge >= 0.3 is 0 Å². The maximum absolute atomic E-state index is 5.63. The van der Waals surface area contributed by atoms with Crippen LogP contribution in [0.25, 0.3) is 0 Å². The SMILES string of the molecule is C=C(Br)CNc1ccc(N)c(N)c1. The predicted octanol–water partition coefficient (Wildman–Crippen LogP) is 2.17. The summed E-state index contributed by atoms with van der Waals surface area (Å²) in [6, 6.07) is 5.45. The van der Waals surface area contributed by atoms with Crippen LogP contribution in [0, 0.1) is 0 Å². The van der Waals surface area contributed by atoms with Crippen molar-refractivity contribution in [1.82, 2.24) is 0 Å². The average molecular weight is 242 g/mol. The molecule has 0 aliphatic heterocycles. The number of nitrogen functional groups attached to an aromatic ring is 2. The molecule has 13 heavy (non-hydrogen) atoms.